The monoisotopic (exact) mass is 545 g/mol. The number of nitrogens with zero attached hydrogens (tertiary/aromatic N) is 4. The maximum absolute atomic E-state index is 13.0. The maximum Gasteiger partial charge on any atom is 0.418 e. The van der Waals surface area contributed by atoms with Crippen LogP contribution >= 0.6 is 22.9 Å². The highest BCUT2D eigenvalue weighted by molar-refractivity contribution is 7.13. The molecule has 0 aliphatic carbocycles. The van der Waals surface area contributed by atoms with Gasteiger partial charge in [-0.25, -0.2) is 19.9 Å². The summed E-state index contributed by atoms with van der Waals surface area (Å²) in [5, 5.41) is 25.7. The van der Waals surface area contributed by atoms with Crippen molar-refractivity contribution in [3.05, 3.63) is 57.0 Å². The molecule has 16 heteroatoms. The Morgan fingerprint density at radius 3 is 2.56 bits per heavy atom. The number of anilines is 2. The molecule has 0 radical (unpaired) electrons. The average molecular weight is 546 g/mol. The van der Waals surface area contributed by atoms with Crippen LogP contribution in [0.1, 0.15) is 43.7 Å². The predicted octanol–water partition coefficient (Wildman–Crippen LogP) is 2.51. The van der Waals surface area contributed by atoms with Crippen molar-refractivity contribution < 1.29 is 33.0 Å². The van der Waals surface area contributed by atoms with E-state index < -0.39 is 47.3 Å². The molecule has 0 bridgehead atoms. The van der Waals surface area contributed by atoms with Crippen LogP contribution in [-0.2, 0) is 6.18 Å². The standard InChI is InChI=1S/C20H19ClF3N7O4S/c1-9(30-17(34)13-3-15(29-8-28-13)25-4-10(33)7-32)19-27-6-14(36-19)18(35)31-16-2-11(20(22,23)24)12(21)5-26-16/h2-3,5-6,8-10,32-33H,4,7H2,1H3,(H,30,34)(H,25,28,29)(H,26,31,35). The van der Waals surface area contributed by atoms with Crippen molar-refractivity contribution in [1.29, 1.82) is 0 Å². The smallest absolute Gasteiger partial charge is 0.394 e. The first-order valence-corrected chi connectivity index (χ1v) is 11.3. The number of aromatic nitrogens is 4. The summed E-state index contributed by atoms with van der Waals surface area (Å²) < 4.78 is 39.1. The van der Waals surface area contributed by atoms with Crippen molar-refractivity contribution >= 4 is 46.4 Å². The van der Waals surface area contributed by atoms with Gasteiger partial charge in [-0.05, 0) is 13.0 Å². The zero-order chi connectivity index (χ0) is 26.5. The molecule has 0 saturated carbocycles. The quantitative estimate of drug-likeness (QED) is 0.272. The van der Waals surface area contributed by atoms with Crippen LogP contribution in [0, 0.1) is 0 Å². The zero-order valence-corrected chi connectivity index (χ0v) is 19.9. The summed E-state index contributed by atoms with van der Waals surface area (Å²) in [5.74, 6) is -1.39. The Hall–Kier alpha value is -3.40. The largest absolute Gasteiger partial charge is 0.418 e. The number of amides is 2. The van der Waals surface area contributed by atoms with E-state index in [1.807, 2.05) is 0 Å². The lowest BCUT2D eigenvalue weighted by molar-refractivity contribution is -0.137. The lowest BCUT2D eigenvalue weighted by Gasteiger charge is -2.12. The number of aliphatic hydroxyl groups excluding tert-OH is 2. The number of nitrogens with one attached hydrogen (secondary N) is 3. The van der Waals surface area contributed by atoms with Crippen LogP contribution in [0.5, 0.6) is 0 Å². The van der Waals surface area contributed by atoms with Crippen molar-refractivity contribution in [3.8, 4) is 0 Å². The third-order valence-electron chi connectivity index (χ3n) is 4.50. The first-order valence-electron chi connectivity index (χ1n) is 10.1. The van der Waals surface area contributed by atoms with Gasteiger partial charge in [-0.3, -0.25) is 9.59 Å². The summed E-state index contributed by atoms with van der Waals surface area (Å²) in [5.41, 5.74) is -1.12. The summed E-state index contributed by atoms with van der Waals surface area (Å²) in [7, 11) is 0. The summed E-state index contributed by atoms with van der Waals surface area (Å²) in [6, 6.07) is 1.33. The summed E-state index contributed by atoms with van der Waals surface area (Å²) >= 11 is 6.46. The fraction of sp³-hybridized carbons (Fsp3) is 0.300. The lowest BCUT2D eigenvalue weighted by Crippen LogP contribution is -2.28. The number of hydrogen-bond acceptors (Lipinski definition) is 10. The number of pyridine rings is 1. The first-order chi connectivity index (χ1) is 17.0. The Morgan fingerprint density at radius 2 is 1.86 bits per heavy atom. The second-order valence-electron chi connectivity index (χ2n) is 7.26. The van der Waals surface area contributed by atoms with E-state index in [4.69, 9.17) is 16.7 Å². The second-order valence-corrected chi connectivity index (χ2v) is 8.73. The van der Waals surface area contributed by atoms with Crippen LogP contribution in [0.15, 0.2) is 30.9 Å². The minimum atomic E-state index is -4.72. The molecule has 3 aromatic heterocycles. The molecule has 2 unspecified atom stereocenters. The van der Waals surface area contributed by atoms with Gasteiger partial charge in [0.15, 0.2) is 0 Å². The molecule has 0 aliphatic heterocycles. The van der Waals surface area contributed by atoms with Crippen molar-refractivity contribution in [2.75, 3.05) is 23.8 Å². The highest BCUT2D eigenvalue weighted by atomic mass is 35.5. The highest BCUT2D eigenvalue weighted by Crippen LogP contribution is 2.35. The molecule has 3 rings (SSSR count). The maximum atomic E-state index is 13.0. The van der Waals surface area contributed by atoms with Gasteiger partial charge in [0.2, 0.25) is 0 Å². The number of carbonyl (C=O) groups is 2. The summed E-state index contributed by atoms with van der Waals surface area (Å²) in [6.45, 7) is 1.19. The van der Waals surface area contributed by atoms with Gasteiger partial charge < -0.3 is 26.2 Å². The molecule has 11 nitrogen and oxygen atoms in total. The number of rotatable bonds is 9. The average Bonchev–Trinajstić information content (AvgIpc) is 3.34. The third-order valence-corrected chi connectivity index (χ3v) is 5.98. The van der Waals surface area contributed by atoms with Gasteiger partial charge in [-0.2, -0.15) is 13.2 Å². The van der Waals surface area contributed by atoms with E-state index in [-0.39, 0.29) is 28.8 Å². The molecule has 2 atom stereocenters. The first kappa shape index (κ1) is 27.2. The molecule has 3 heterocycles. The molecule has 0 aromatic carbocycles. The Bertz CT molecular complexity index is 1240. The van der Waals surface area contributed by atoms with Gasteiger partial charge in [0, 0.05) is 18.8 Å². The molecule has 0 aliphatic rings. The molecule has 2 amide bonds. The summed E-state index contributed by atoms with van der Waals surface area (Å²) in [6.07, 6.45) is -2.56. The Balaban J connectivity index is 1.63. The Morgan fingerprint density at radius 1 is 1.11 bits per heavy atom. The van der Waals surface area contributed by atoms with Crippen LogP contribution in [-0.4, -0.2) is 61.2 Å². The number of carbonyl (C=O) groups excluding carboxylic acids is 2. The van der Waals surface area contributed by atoms with Gasteiger partial charge in [0.05, 0.1) is 35.5 Å². The van der Waals surface area contributed by atoms with Gasteiger partial charge in [-0.15, -0.1) is 11.3 Å². The molecule has 0 spiro atoms. The van der Waals surface area contributed by atoms with Gasteiger partial charge >= 0.3 is 6.18 Å². The molecule has 0 saturated heterocycles. The van der Waals surface area contributed by atoms with Gasteiger partial charge in [0.1, 0.15) is 33.5 Å². The molecular formula is C20H19ClF3N7O4S. The van der Waals surface area contributed by atoms with Crippen LogP contribution < -0.4 is 16.0 Å². The number of halogens is 4. The fourth-order valence-electron chi connectivity index (χ4n) is 2.69. The number of hydrogen-bond donors (Lipinski definition) is 5. The van der Waals surface area contributed by atoms with Crippen molar-refractivity contribution in [1.82, 2.24) is 25.3 Å². The highest BCUT2D eigenvalue weighted by Gasteiger charge is 2.34. The second kappa shape index (κ2) is 11.6. The number of alkyl halides is 3. The molecule has 192 valence electrons. The number of aliphatic hydroxyl groups is 2. The molecule has 3 aromatic rings. The Labute approximate surface area is 210 Å². The van der Waals surface area contributed by atoms with Crippen molar-refractivity contribution in [3.63, 3.8) is 0 Å². The van der Waals surface area contributed by atoms with Gasteiger partial charge in [-0.1, -0.05) is 11.6 Å². The minimum absolute atomic E-state index is 0.0119. The third kappa shape index (κ3) is 7.07. The van der Waals surface area contributed by atoms with E-state index in [0.29, 0.717) is 11.1 Å². The van der Waals surface area contributed by atoms with Gasteiger partial charge in [0.25, 0.3) is 11.8 Å². The molecule has 5 N–H and O–H groups in total. The number of thiazole rings is 1. The normalized spacial score (nSPS) is 13.1. The minimum Gasteiger partial charge on any atom is -0.394 e. The van der Waals surface area contributed by atoms with Crippen LogP contribution in [0.25, 0.3) is 0 Å². The van der Waals surface area contributed by atoms with Crippen LogP contribution in [0.3, 0.4) is 0 Å². The van der Waals surface area contributed by atoms with E-state index in [1.54, 1.807) is 6.92 Å². The Kier molecular flexibility index (Phi) is 8.73. The zero-order valence-electron chi connectivity index (χ0n) is 18.4. The van der Waals surface area contributed by atoms with Crippen LogP contribution in [0.4, 0.5) is 24.8 Å². The van der Waals surface area contributed by atoms with E-state index in [9.17, 15) is 27.9 Å². The topological polar surface area (TPSA) is 162 Å². The lowest BCUT2D eigenvalue weighted by atomic mass is 10.2. The van der Waals surface area contributed by atoms with Crippen molar-refractivity contribution in [2.45, 2.75) is 25.2 Å². The van der Waals surface area contributed by atoms with Crippen molar-refractivity contribution in [2.24, 2.45) is 0 Å². The van der Waals surface area contributed by atoms with E-state index >= 15 is 0 Å². The molecule has 36 heavy (non-hydrogen) atoms. The van der Waals surface area contributed by atoms with E-state index in [2.05, 4.69) is 35.9 Å². The molecular weight excluding hydrogens is 527 g/mol. The summed E-state index contributed by atoms with van der Waals surface area (Å²) in [4.78, 5) is 40.7. The fourth-order valence-corrected chi connectivity index (χ4v) is 3.72. The van der Waals surface area contributed by atoms with E-state index in [1.165, 1.54) is 12.3 Å². The predicted molar refractivity (Wildman–Crippen MR) is 124 cm³/mol. The molecule has 0 fully saturated rings. The SMILES string of the molecule is CC(NC(=O)c1cc(NCC(O)CO)ncn1)c1ncc(C(=O)Nc2cc(C(F)(F)F)c(Cl)cn2)s1. The van der Waals surface area contributed by atoms with E-state index in [0.717, 1.165) is 23.9 Å². The van der Waals surface area contributed by atoms with Crippen LogP contribution in [0.2, 0.25) is 5.02 Å².